The molecule has 21 heavy (non-hydrogen) atoms. The molecule has 2 saturated carbocycles. The van der Waals surface area contributed by atoms with Crippen LogP contribution in [0, 0.1) is 16.7 Å². The van der Waals surface area contributed by atoms with Gasteiger partial charge in [-0.3, -0.25) is 0 Å². The summed E-state index contributed by atoms with van der Waals surface area (Å²) in [6, 6.07) is 7.56. The smallest absolute Gasteiger partial charge is 0.0378 e. The standard InChI is InChI=1S/C20H29N/c1-19(2)15-11-12-20(3,13-15)18(19)21-17-10-6-8-14-7-4-5-9-16(14)17/h6,8,10,15,18,21H,4-5,7,9,11-13H2,1-3H3. The number of hydrogen-bond acceptors (Lipinski definition) is 1. The molecule has 2 bridgehead atoms. The van der Waals surface area contributed by atoms with Crippen molar-refractivity contribution in [3.05, 3.63) is 29.3 Å². The number of hydrogen-bond donors (Lipinski definition) is 1. The van der Waals surface area contributed by atoms with Crippen LogP contribution in [0.25, 0.3) is 0 Å². The fourth-order valence-corrected chi connectivity index (χ4v) is 5.73. The van der Waals surface area contributed by atoms with Crippen LogP contribution in [-0.4, -0.2) is 6.04 Å². The van der Waals surface area contributed by atoms with Gasteiger partial charge in [0.25, 0.3) is 0 Å². The second kappa shape index (κ2) is 4.51. The number of anilines is 1. The van der Waals surface area contributed by atoms with Gasteiger partial charge in [-0.05, 0) is 78.9 Å². The van der Waals surface area contributed by atoms with Crippen LogP contribution in [0.15, 0.2) is 18.2 Å². The quantitative estimate of drug-likeness (QED) is 0.787. The highest BCUT2D eigenvalue weighted by Crippen LogP contribution is 2.63. The van der Waals surface area contributed by atoms with Crippen LogP contribution in [0.1, 0.15) is 64.0 Å². The largest absolute Gasteiger partial charge is 0.381 e. The fraction of sp³-hybridized carbons (Fsp3) is 0.700. The molecule has 3 unspecified atom stereocenters. The number of rotatable bonds is 2. The Bertz CT molecular complexity index is 554. The molecule has 1 aromatic carbocycles. The van der Waals surface area contributed by atoms with E-state index in [0.717, 1.165) is 5.92 Å². The first-order valence-corrected chi connectivity index (χ1v) is 8.88. The summed E-state index contributed by atoms with van der Waals surface area (Å²) < 4.78 is 0. The summed E-state index contributed by atoms with van der Waals surface area (Å²) in [5.41, 5.74) is 5.60. The molecule has 3 aliphatic carbocycles. The summed E-state index contributed by atoms with van der Waals surface area (Å²) >= 11 is 0. The lowest BCUT2D eigenvalue weighted by molar-refractivity contribution is 0.155. The first-order chi connectivity index (χ1) is 10.0. The average Bonchev–Trinajstić information content (AvgIpc) is 2.95. The van der Waals surface area contributed by atoms with Gasteiger partial charge in [0.05, 0.1) is 0 Å². The van der Waals surface area contributed by atoms with Crippen molar-refractivity contribution in [1.82, 2.24) is 0 Å². The summed E-state index contributed by atoms with van der Waals surface area (Å²) in [6.07, 6.45) is 9.55. The molecule has 114 valence electrons. The monoisotopic (exact) mass is 283 g/mol. The van der Waals surface area contributed by atoms with E-state index < -0.39 is 0 Å². The van der Waals surface area contributed by atoms with E-state index in [1.807, 2.05) is 0 Å². The maximum absolute atomic E-state index is 4.03. The third-order valence-electron chi connectivity index (χ3n) is 6.97. The molecule has 1 heteroatoms. The second-order valence-electron chi connectivity index (χ2n) is 8.64. The summed E-state index contributed by atoms with van der Waals surface area (Å²) in [7, 11) is 0. The van der Waals surface area contributed by atoms with Crippen LogP contribution in [0.2, 0.25) is 0 Å². The molecule has 0 amide bonds. The lowest BCUT2D eigenvalue weighted by atomic mass is 9.68. The van der Waals surface area contributed by atoms with Gasteiger partial charge in [0.15, 0.2) is 0 Å². The minimum Gasteiger partial charge on any atom is -0.381 e. The maximum atomic E-state index is 4.03. The van der Waals surface area contributed by atoms with Crippen LogP contribution < -0.4 is 5.32 Å². The Morgan fingerprint density at radius 1 is 1.10 bits per heavy atom. The van der Waals surface area contributed by atoms with E-state index >= 15 is 0 Å². The van der Waals surface area contributed by atoms with E-state index in [0.29, 0.717) is 16.9 Å². The van der Waals surface area contributed by atoms with Crippen LogP contribution in [0.5, 0.6) is 0 Å². The van der Waals surface area contributed by atoms with E-state index in [-0.39, 0.29) is 0 Å². The van der Waals surface area contributed by atoms with Crippen LogP contribution >= 0.6 is 0 Å². The number of aryl methyl sites for hydroxylation is 1. The summed E-state index contributed by atoms with van der Waals surface area (Å²) in [4.78, 5) is 0. The van der Waals surface area contributed by atoms with Gasteiger partial charge in [0.2, 0.25) is 0 Å². The predicted molar refractivity (Wildman–Crippen MR) is 89.7 cm³/mol. The molecule has 4 rings (SSSR count). The normalized spacial score (nSPS) is 36.5. The number of fused-ring (bicyclic) bond motifs is 3. The van der Waals surface area contributed by atoms with Crippen molar-refractivity contribution in [3.8, 4) is 0 Å². The summed E-state index contributed by atoms with van der Waals surface area (Å²) in [5, 5.41) is 4.03. The first-order valence-electron chi connectivity index (χ1n) is 8.88. The SMILES string of the molecule is CC12CCC(C1)C(C)(C)C2Nc1cccc2c1CCCC2. The Labute approximate surface area is 129 Å². The van der Waals surface area contributed by atoms with Crippen molar-refractivity contribution in [3.63, 3.8) is 0 Å². The lowest BCUT2D eigenvalue weighted by Crippen LogP contribution is -2.46. The summed E-state index contributed by atoms with van der Waals surface area (Å²) in [6.45, 7) is 7.51. The minimum atomic E-state index is 0.435. The van der Waals surface area contributed by atoms with Crippen molar-refractivity contribution in [2.24, 2.45) is 16.7 Å². The zero-order valence-electron chi connectivity index (χ0n) is 13.8. The minimum absolute atomic E-state index is 0.435. The van der Waals surface area contributed by atoms with Gasteiger partial charge in [-0.2, -0.15) is 0 Å². The third kappa shape index (κ3) is 1.96. The Morgan fingerprint density at radius 3 is 2.67 bits per heavy atom. The zero-order valence-corrected chi connectivity index (χ0v) is 13.8. The van der Waals surface area contributed by atoms with Gasteiger partial charge in [-0.25, -0.2) is 0 Å². The van der Waals surface area contributed by atoms with Crippen molar-refractivity contribution in [2.45, 2.75) is 71.8 Å². The predicted octanol–water partition coefficient (Wildman–Crippen LogP) is 5.19. The fourth-order valence-electron chi connectivity index (χ4n) is 5.73. The van der Waals surface area contributed by atoms with E-state index in [4.69, 9.17) is 0 Å². The Morgan fingerprint density at radius 2 is 1.90 bits per heavy atom. The van der Waals surface area contributed by atoms with Gasteiger partial charge in [0, 0.05) is 11.7 Å². The lowest BCUT2D eigenvalue weighted by Gasteiger charge is -2.44. The van der Waals surface area contributed by atoms with Crippen molar-refractivity contribution < 1.29 is 0 Å². The molecular formula is C20H29N. The molecule has 2 fully saturated rings. The first kappa shape index (κ1) is 13.7. The third-order valence-corrected chi connectivity index (χ3v) is 6.97. The van der Waals surface area contributed by atoms with Gasteiger partial charge >= 0.3 is 0 Å². The number of benzene rings is 1. The molecule has 3 aliphatic rings. The average molecular weight is 283 g/mol. The topological polar surface area (TPSA) is 12.0 Å². The molecule has 0 heterocycles. The van der Waals surface area contributed by atoms with Crippen molar-refractivity contribution in [1.29, 1.82) is 0 Å². The molecule has 0 spiro atoms. The summed E-state index contributed by atoms with van der Waals surface area (Å²) in [5.74, 6) is 0.916. The zero-order chi connectivity index (χ0) is 14.7. The Kier molecular flexibility index (Phi) is 2.93. The van der Waals surface area contributed by atoms with E-state index in [1.54, 1.807) is 11.1 Å². The highest BCUT2D eigenvalue weighted by atomic mass is 15.0. The van der Waals surface area contributed by atoms with Crippen molar-refractivity contribution in [2.75, 3.05) is 5.32 Å². The molecule has 1 aromatic rings. The second-order valence-corrected chi connectivity index (χ2v) is 8.64. The highest BCUT2D eigenvalue weighted by Gasteiger charge is 2.59. The molecule has 1 nitrogen and oxygen atoms in total. The van der Waals surface area contributed by atoms with Gasteiger partial charge in [-0.1, -0.05) is 32.9 Å². The van der Waals surface area contributed by atoms with Crippen LogP contribution in [-0.2, 0) is 12.8 Å². The number of nitrogens with one attached hydrogen (secondary N) is 1. The Balaban J connectivity index is 1.67. The maximum Gasteiger partial charge on any atom is 0.0378 e. The van der Waals surface area contributed by atoms with Crippen LogP contribution in [0.3, 0.4) is 0 Å². The van der Waals surface area contributed by atoms with E-state index in [9.17, 15) is 0 Å². The molecule has 0 radical (unpaired) electrons. The molecule has 0 saturated heterocycles. The molecule has 3 atom stereocenters. The van der Waals surface area contributed by atoms with Gasteiger partial charge in [-0.15, -0.1) is 0 Å². The molecular weight excluding hydrogens is 254 g/mol. The van der Waals surface area contributed by atoms with E-state index in [1.165, 1.54) is 50.6 Å². The molecule has 0 aromatic heterocycles. The highest BCUT2D eigenvalue weighted by molar-refractivity contribution is 5.57. The molecule has 1 N–H and O–H groups in total. The van der Waals surface area contributed by atoms with Crippen LogP contribution in [0.4, 0.5) is 5.69 Å². The van der Waals surface area contributed by atoms with Crippen molar-refractivity contribution >= 4 is 5.69 Å². The van der Waals surface area contributed by atoms with E-state index in [2.05, 4.69) is 44.3 Å². The Hall–Kier alpha value is -0.980. The van der Waals surface area contributed by atoms with Gasteiger partial charge < -0.3 is 5.32 Å². The molecule has 0 aliphatic heterocycles. The van der Waals surface area contributed by atoms with Gasteiger partial charge in [0.1, 0.15) is 0 Å².